The molecule has 0 radical (unpaired) electrons. The summed E-state index contributed by atoms with van der Waals surface area (Å²) in [6.45, 7) is 7.15. The molecule has 0 aliphatic carbocycles. The molecule has 3 rings (SSSR count). The maximum absolute atomic E-state index is 12.8. The summed E-state index contributed by atoms with van der Waals surface area (Å²) in [5.74, 6) is 1.11. The predicted octanol–water partition coefficient (Wildman–Crippen LogP) is 10.1. The molecule has 40 heavy (non-hydrogen) atoms. The van der Waals surface area contributed by atoms with E-state index in [1.54, 1.807) is 24.3 Å². The highest BCUT2D eigenvalue weighted by Crippen LogP contribution is 2.25. The first-order chi connectivity index (χ1) is 19.5. The Bertz CT molecular complexity index is 1150. The number of ketones is 1. The monoisotopic (exact) mass is 542 g/mol. The van der Waals surface area contributed by atoms with Crippen LogP contribution in [0.3, 0.4) is 0 Å². The third-order valence-corrected chi connectivity index (χ3v) is 7.36. The van der Waals surface area contributed by atoms with Crippen molar-refractivity contribution in [1.29, 1.82) is 0 Å². The molecule has 0 heterocycles. The second-order valence-corrected chi connectivity index (χ2v) is 10.7. The summed E-state index contributed by atoms with van der Waals surface area (Å²) in [6.07, 6.45) is 13.0. The molecule has 0 unspecified atom stereocenters. The van der Waals surface area contributed by atoms with Gasteiger partial charge in [0.15, 0.2) is 5.78 Å². The Hall–Kier alpha value is -3.40. The Morgan fingerprint density at radius 3 is 1.73 bits per heavy atom. The van der Waals surface area contributed by atoms with Gasteiger partial charge in [0.1, 0.15) is 11.5 Å². The van der Waals surface area contributed by atoms with E-state index in [1.165, 1.54) is 51.4 Å². The molecular weight excluding hydrogens is 496 g/mol. The van der Waals surface area contributed by atoms with E-state index < -0.39 is 5.97 Å². The zero-order valence-electron chi connectivity index (χ0n) is 24.6. The average molecular weight is 543 g/mol. The third-order valence-electron chi connectivity index (χ3n) is 7.36. The van der Waals surface area contributed by atoms with E-state index >= 15 is 0 Å². The van der Waals surface area contributed by atoms with Crippen molar-refractivity contribution in [3.8, 4) is 22.6 Å². The minimum absolute atomic E-state index is 0.0468. The highest BCUT2D eigenvalue weighted by atomic mass is 16.5. The van der Waals surface area contributed by atoms with Crippen molar-refractivity contribution in [1.82, 2.24) is 0 Å². The summed E-state index contributed by atoms with van der Waals surface area (Å²) in [7, 11) is 0. The standard InChI is InChI=1S/C36H46O4/c1-4-6-8-10-11-13-27-39-33-23-21-32(22-24-33)36(38)40-34-25-19-30(20-26-34)29-15-17-31(18-16-29)35(37)28(3)14-12-9-7-5-2/h15-26,28H,4-14,27H2,1-3H3/t28-/m0/s1. The second kappa shape index (κ2) is 17.3. The summed E-state index contributed by atoms with van der Waals surface area (Å²) in [4.78, 5) is 25.4. The zero-order valence-corrected chi connectivity index (χ0v) is 24.6. The molecule has 4 heteroatoms. The maximum atomic E-state index is 12.8. The normalized spacial score (nSPS) is 11.7. The number of unbranched alkanes of at least 4 members (excludes halogenated alkanes) is 8. The van der Waals surface area contributed by atoms with E-state index in [1.807, 2.05) is 55.5 Å². The summed E-state index contributed by atoms with van der Waals surface area (Å²) in [5, 5.41) is 0. The van der Waals surface area contributed by atoms with Crippen LogP contribution in [0.5, 0.6) is 11.5 Å². The molecule has 0 fully saturated rings. The van der Waals surface area contributed by atoms with Crippen molar-refractivity contribution in [2.24, 2.45) is 5.92 Å². The van der Waals surface area contributed by atoms with Crippen molar-refractivity contribution in [3.05, 3.63) is 83.9 Å². The molecule has 0 aliphatic heterocycles. The highest BCUT2D eigenvalue weighted by molar-refractivity contribution is 5.98. The largest absolute Gasteiger partial charge is 0.494 e. The van der Waals surface area contributed by atoms with Gasteiger partial charge in [-0.05, 0) is 60.4 Å². The van der Waals surface area contributed by atoms with Crippen molar-refractivity contribution >= 4 is 11.8 Å². The van der Waals surface area contributed by atoms with Crippen LogP contribution in [0, 0.1) is 5.92 Å². The van der Waals surface area contributed by atoms with E-state index in [2.05, 4.69) is 13.8 Å². The number of hydrogen-bond donors (Lipinski definition) is 0. The fraction of sp³-hybridized carbons (Fsp3) is 0.444. The number of carbonyl (C=O) groups excluding carboxylic acids is 2. The van der Waals surface area contributed by atoms with Gasteiger partial charge in [-0.3, -0.25) is 4.79 Å². The maximum Gasteiger partial charge on any atom is 0.343 e. The minimum atomic E-state index is -0.401. The summed E-state index contributed by atoms with van der Waals surface area (Å²) in [6, 6.07) is 22.3. The molecular formula is C36H46O4. The molecule has 3 aromatic carbocycles. The van der Waals surface area contributed by atoms with E-state index in [4.69, 9.17) is 9.47 Å². The smallest absolute Gasteiger partial charge is 0.343 e. The van der Waals surface area contributed by atoms with Crippen LogP contribution in [0.4, 0.5) is 0 Å². The lowest BCUT2D eigenvalue weighted by Gasteiger charge is -2.11. The number of carbonyl (C=O) groups is 2. The second-order valence-electron chi connectivity index (χ2n) is 10.7. The first kappa shape index (κ1) is 31.1. The van der Waals surface area contributed by atoms with Crippen LogP contribution < -0.4 is 9.47 Å². The van der Waals surface area contributed by atoms with Crippen molar-refractivity contribution in [2.75, 3.05) is 6.61 Å². The van der Waals surface area contributed by atoms with Crippen LogP contribution in [0.15, 0.2) is 72.8 Å². The van der Waals surface area contributed by atoms with Gasteiger partial charge in [0, 0.05) is 11.5 Å². The lowest BCUT2D eigenvalue weighted by atomic mass is 9.93. The summed E-state index contributed by atoms with van der Waals surface area (Å²) >= 11 is 0. The van der Waals surface area contributed by atoms with Gasteiger partial charge in [0.05, 0.1) is 12.2 Å². The van der Waals surface area contributed by atoms with Crippen LogP contribution in [-0.2, 0) is 0 Å². The number of Topliss-reactive ketones (excluding diaryl/α,β-unsaturated/α-hetero) is 1. The Labute approximate surface area is 241 Å². The fourth-order valence-electron chi connectivity index (χ4n) is 4.76. The van der Waals surface area contributed by atoms with Gasteiger partial charge < -0.3 is 9.47 Å². The van der Waals surface area contributed by atoms with Crippen molar-refractivity contribution < 1.29 is 19.1 Å². The van der Waals surface area contributed by atoms with Gasteiger partial charge in [-0.15, -0.1) is 0 Å². The number of hydrogen-bond acceptors (Lipinski definition) is 4. The van der Waals surface area contributed by atoms with Gasteiger partial charge >= 0.3 is 5.97 Å². The number of rotatable bonds is 18. The number of ether oxygens (including phenoxy) is 2. The van der Waals surface area contributed by atoms with Gasteiger partial charge in [-0.2, -0.15) is 0 Å². The molecule has 4 nitrogen and oxygen atoms in total. The minimum Gasteiger partial charge on any atom is -0.494 e. The van der Waals surface area contributed by atoms with Gasteiger partial charge in [-0.25, -0.2) is 4.79 Å². The zero-order chi connectivity index (χ0) is 28.6. The van der Waals surface area contributed by atoms with Gasteiger partial charge in [-0.1, -0.05) is 115 Å². The first-order valence-electron chi connectivity index (χ1n) is 15.2. The Kier molecular flexibility index (Phi) is 13.5. The molecule has 0 saturated heterocycles. The Balaban J connectivity index is 1.46. The van der Waals surface area contributed by atoms with Crippen LogP contribution in [0.2, 0.25) is 0 Å². The molecule has 3 aromatic rings. The molecule has 214 valence electrons. The summed E-state index contributed by atoms with van der Waals surface area (Å²) < 4.78 is 11.4. The highest BCUT2D eigenvalue weighted by Gasteiger charge is 2.15. The molecule has 0 saturated carbocycles. The quantitative estimate of drug-likeness (QED) is 0.0694. The van der Waals surface area contributed by atoms with Crippen LogP contribution in [0.1, 0.15) is 112 Å². The van der Waals surface area contributed by atoms with Crippen LogP contribution >= 0.6 is 0 Å². The van der Waals surface area contributed by atoms with Crippen LogP contribution in [-0.4, -0.2) is 18.4 Å². The Morgan fingerprint density at radius 1 is 0.600 bits per heavy atom. The average Bonchev–Trinajstić information content (AvgIpc) is 2.99. The first-order valence-corrected chi connectivity index (χ1v) is 15.2. The molecule has 1 atom stereocenters. The summed E-state index contributed by atoms with van der Waals surface area (Å²) in [5.41, 5.74) is 3.26. The third kappa shape index (κ3) is 10.3. The molecule has 0 spiro atoms. The van der Waals surface area contributed by atoms with Gasteiger partial charge in [0.25, 0.3) is 0 Å². The van der Waals surface area contributed by atoms with Gasteiger partial charge in [0.2, 0.25) is 0 Å². The molecule has 0 aromatic heterocycles. The van der Waals surface area contributed by atoms with E-state index in [9.17, 15) is 9.59 Å². The van der Waals surface area contributed by atoms with Crippen molar-refractivity contribution in [3.63, 3.8) is 0 Å². The SMILES string of the molecule is CCCCCCCCOc1ccc(C(=O)Oc2ccc(-c3ccc(C(=O)[C@@H](C)CCCCCC)cc3)cc2)cc1. The van der Waals surface area contributed by atoms with E-state index in [0.29, 0.717) is 17.9 Å². The molecule has 0 aliphatic rings. The molecule has 0 N–H and O–H groups in total. The number of benzene rings is 3. The predicted molar refractivity (Wildman–Crippen MR) is 164 cm³/mol. The van der Waals surface area contributed by atoms with Crippen LogP contribution in [0.25, 0.3) is 11.1 Å². The molecule has 0 bridgehead atoms. The topological polar surface area (TPSA) is 52.6 Å². The lowest BCUT2D eigenvalue weighted by Crippen LogP contribution is -2.11. The fourth-order valence-corrected chi connectivity index (χ4v) is 4.76. The van der Waals surface area contributed by atoms with E-state index in [0.717, 1.165) is 41.7 Å². The Morgan fingerprint density at radius 2 is 1.10 bits per heavy atom. The lowest BCUT2D eigenvalue weighted by molar-refractivity contribution is 0.0734. The van der Waals surface area contributed by atoms with Crippen molar-refractivity contribution in [2.45, 2.75) is 91.4 Å². The van der Waals surface area contributed by atoms with E-state index in [-0.39, 0.29) is 11.7 Å². The molecule has 0 amide bonds. The number of esters is 1.